The molecule has 0 bridgehead atoms. The van der Waals surface area contributed by atoms with Gasteiger partial charge in [-0.2, -0.15) is 0 Å². The lowest BCUT2D eigenvalue weighted by Gasteiger charge is -2.18. The highest BCUT2D eigenvalue weighted by atomic mass is 16.2. The Morgan fingerprint density at radius 3 is 2.04 bits per heavy atom. The molecule has 0 aliphatic heterocycles. The predicted molar refractivity (Wildman–Crippen MR) is 112 cm³/mol. The van der Waals surface area contributed by atoms with E-state index in [1.165, 1.54) is 44.9 Å². The van der Waals surface area contributed by atoms with Gasteiger partial charge in [0.1, 0.15) is 6.04 Å². The van der Waals surface area contributed by atoms with Gasteiger partial charge in [0.05, 0.1) is 0 Å². The number of rotatable bonds is 17. The van der Waals surface area contributed by atoms with Gasteiger partial charge in [-0.25, -0.2) is 0 Å². The minimum Gasteiger partial charge on any atom is -0.370 e. The highest BCUT2D eigenvalue weighted by Gasteiger charge is 2.19. The number of likely N-dealkylation sites (N-methyl/N-ethyl adjacent to an activating group) is 1. The zero-order chi connectivity index (χ0) is 20.3. The molecule has 0 fully saturated rings. The molecule has 0 saturated heterocycles. The Hall–Kier alpha value is -1.79. The highest BCUT2D eigenvalue weighted by Crippen LogP contribution is 2.10. The van der Waals surface area contributed by atoms with Gasteiger partial charge in [0.25, 0.3) is 0 Å². The number of unbranched alkanes of at least 4 members (excludes halogenated alkanes) is 8. The van der Waals surface area contributed by atoms with Crippen LogP contribution in [0.1, 0.15) is 90.9 Å². The van der Waals surface area contributed by atoms with E-state index in [0.29, 0.717) is 32.4 Å². The maximum Gasteiger partial charge on any atom is 0.242 e. The number of nitrogens with two attached hydrogens (primary N) is 1. The summed E-state index contributed by atoms with van der Waals surface area (Å²) in [5.41, 5.74) is 5.24. The molecule has 7 nitrogen and oxygen atoms in total. The molecule has 6 N–H and O–H groups in total. The first-order valence-electron chi connectivity index (χ1n) is 10.7. The monoisotopic (exact) mass is 383 g/mol. The SMILES string of the molecule is CCCCCCCCCCCC(=O)NC(CCCNC(=N)N)C(=O)NCC. The van der Waals surface area contributed by atoms with Crippen molar-refractivity contribution < 1.29 is 9.59 Å². The Labute approximate surface area is 165 Å². The summed E-state index contributed by atoms with van der Waals surface area (Å²) in [5, 5.41) is 15.5. The van der Waals surface area contributed by atoms with Gasteiger partial charge in [-0.05, 0) is 26.2 Å². The zero-order valence-corrected chi connectivity index (χ0v) is 17.4. The number of hydrogen-bond donors (Lipinski definition) is 5. The van der Waals surface area contributed by atoms with E-state index in [9.17, 15) is 9.59 Å². The third-order valence-corrected chi connectivity index (χ3v) is 4.50. The lowest BCUT2D eigenvalue weighted by molar-refractivity contribution is -0.129. The number of nitrogens with one attached hydrogen (secondary N) is 4. The molecule has 0 aromatic heterocycles. The van der Waals surface area contributed by atoms with E-state index in [1.54, 1.807) is 0 Å². The van der Waals surface area contributed by atoms with E-state index >= 15 is 0 Å². The van der Waals surface area contributed by atoms with E-state index < -0.39 is 6.04 Å². The van der Waals surface area contributed by atoms with Gasteiger partial charge in [0, 0.05) is 19.5 Å². The van der Waals surface area contributed by atoms with Crippen molar-refractivity contribution in [3.05, 3.63) is 0 Å². The molecule has 0 radical (unpaired) electrons. The summed E-state index contributed by atoms with van der Waals surface area (Å²) in [6, 6.07) is -0.523. The number of guanidine groups is 1. The Bertz CT molecular complexity index is 415. The summed E-state index contributed by atoms with van der Waals surface area (Å²) in [5.74, 6) is -0.298. The fourth-order valence-corrected chi connectivity index (χ4v) is 2.96. The number of amides is 2. The fraction of sp³-hybridized carbons (Fsp3) is 0.850. The molecule has 1 atom stereocenters. The second-order valence-corrected chi connectivity index (χ2v) is 7.08. The normalized spacial score (nSPS) is 11.6. The quantitative estimate of drug-likeness (QED) is 0.151. The molecule has 2 amide bonds. The van der Waals surface area contributed by atoms with Crippen molar-refractivity contribution >= 4 is 17.8 Å². The predicted octanol–water partition coefficient (Wildman–Crippen LogP) is 2.79. The zero-order valence-electron chi connectivity index (χ0n) is 17.4. The topological polar surface area (TPSA) is 120 Å². The van der Waals surface area contributed by atoms with E-state index in [-0.39, 0.29) is 17.8 Å². The van der Waals surface area contributed by atoms with E-state index in [2.05, 4.69) is 22.9 Å². The van der Waals surface area contributed by atoms with Crippen LogP contribution in [0.3, 0.4) is 0 Å². The van der Waals surface area contributed by atoms with Crippen LogP contribution in [0, 0.1) is 5.41 Å². The molecule has 158 valence electrons. The molecule has 1 unspecified atom stereocenters. The summed E-state index contributed by atoms with van der Waals surface area (Å²) in [6.45, 7) is 5.13. The Kier molecular flexibility index (Phi) is 16.4. The molecule has 0 aliphatic carbocycles. The van der Waals surface area contributed by atoms with Gasteiger partial charge in [-0.1, -0.05) is 58.3 Å². The van der Waals surface area contributed by atoms with Crippen LogP contribution in [0.25, 0.3) is 0 Å². The Morgan fingerprint density at radius 2 is 1.48 bits per heavy atom. The summed E-state index contributed by atoms with van der Waals surface area (Å²) >= 11 is 0. The molecule has 0 heterocycles. The van der Waals surface area contributed by atoms with E-state index in [1.807, 2.05) is 6.92 Å². The summed E-state index contributed by atoms with van der Waals surface area (Å²) in [6.07, 6.45) is 12.6. The minimum atomic E-state index is -0.523. The van der Waals surface area contributed by atoms with Crippen molar-refractivity contribution in [3.8, 4) is 0 Å². The van der Waals surface area contributed by atoms with Gasteiger partial charge in [0.15, 0.2) is 5.96 Å². The Balaban J connectivity index is 3.95. The molecule has 0 rings (SSSR count). The summed E-state index contributed by atoms with van der Waals surface area (Å²) in [7, 11) is 0. The van der Waals surface area contributed by atoms with Crippen LogP contribution >= 0.6 is 0 Å². The third-order valence-electron chi connectivity index (χ3n) is 4.50. The van der Waals surface area contributed by atoms with Gasteiger partial charge in [-0.15, -0.1) is 0 Å². The molecule has 0 aromatic rings. The molecule has 0 saturated carbocycles. The molecule has 0 aliphatic rings. The number of hydrogen-bond acceptors (Lipinski definition) is 3. The molecule has 7 heteroatoms. The van der Waals surface area contributed by atoms with Crippen LogP contribution in [-0.2, 0) is 9.59 Å². The van der Waals surface area contributed by atoms with E-state index in [4.69, 9.17) is 11.1 Å². The van der Waals surface area contributed by atoms with Gasteiger partial charge >= 0.3 is 0 Å². The van der Waals surface area contributed by atoms with Crippen LogP contribution in [0.2, 0.25) is 0 Å². The molecule has 0 spiro atoms. The first kappa shape index (κ1) is 25.2. The Morgan fingerprint density at radius 1 is 0.889 bits per heavy atom. The van der Waals surface area contributed by atoms with Crippen LogP contribution < -0.4 is 21.7 Å². The first-order valence-corrected chi connectivity index (χ1v) is 10.7. The van der Waals surface area contributed by atoms with Crippen molar-refractivity contribution in [1.29, 1.82) is 5.41 Å². The molecule has 27 heavy (non-hydrogen) atoms. The minimum absolute atomic E-state index is 0.0614. The largest absolute Gasteiger partial charge is 0.370 e. The standard InChI is InChI=1S/C20H41N5O2/c1-3-5-6-7-8-9-10-11-12-15-18(26)25-17(19(27)23-4-2)14-13-16-24-20(21)22/h17H,3-16H2,1-2H3,(H,23,27)(H,25,26)(H4,21,22,24). The number of carbonyl (C=O) groups excluding carboxylic acids is 2. The lowest BCUT2D eigenvalue weighted by atomic mass is 10.1. The third kappa shape index (κ3) is 16.1. The lowest BCUT2D eigenvalue weighted by Crippen LogP contribution is -2.47. The highest BCUT2D eigenvalue weighted by molar-refractivity contribution is 5.87. The first-order chi connectivity index (χ1) is 13.0. The average Bonchev–Trinajstić information content (AvgIpc) is 2.62. The van der Waals surface area contributed by atoms with Crippen molar-refractivity contribution in [1.82, 2.24) is 16.0 Å². The van der Waals surface area contributed by atoms with E-state index in [0.717, 1.165) is 12.8 Å². The average molecular weight is 384 g/mol. The number of carbonyl (C=O) groups is 2. The van der Waals surface area contributed by atoms with Gasteiger partial charge < -0.3 is 21.7 Å². The molecular formula is C20H41N5O2. The van der Waals surface area contributed by atoms with Crippen molar-refractivity contribution in [2.24, 2.45) is 5.73 Å². The molecular weight excluding hydrogens is 342 g/mol. The van der Waals surface area contributed by atoms with Crippen LogP contribution in [-0.4, -0.2) is 36.9 Å². The van der Waals surface area contributed by atoms with Crippen molar-refractivity contribution in [2.45, 2.75) is 96.9 Å². The summed E-state index contributed by atoms with van der Waals surface area (Å²) < 4.78 is 0. The molecule has 0 aromatic carbocycles. The van der Waals surface area contributed by atoms with Crippen LogP contribution in [0.4, 0.5) is 0 Å². The maximum atomic E-state index is 12.1. The fourth-order valence-electron chi connectivity index (χ4n) is 2.96. The maximum absolute atomic E-state index is 12.1. The smallest absolute Gasteiger partial charge is 0.242 e. The second-order valence-electron chi connectivity index (χ2n) is 7.08. The van der Waals surface area contributed by atoms with Crippen LogP contribution in [0.15, 0.2) is 0 Å². The van der Waals surface area contributed by atoms with Crippen molar-refractivity contribution in [2.75, 3.05) is 13.1 Å². The summed E-state index contributed by atoms with van der Waals surface area (Å²) in [4.78, 5) is 24.3. The van der Waals surface area contributed by atoms with Crippen molar-refractivity contribution in [3.63, 3.8) is 0 Å². The second kappa shape index (κ2) is 17.6. The van der Waals surface area contributed by atoms with Crippen LogP contribution in [0.5, 0.6) is 0 Å². The van der Waals surface area contributed by atoms with Gasteiger partial charge in [-0.3, -0.25) is 15.0 Å². The van der Waals surface area contributed by atoms with Gasteiger partial charge in [0.2, 0.25) is 11.8 Å².